The minimum absolute atomic E-state index is 0.800. The summed E-state index contributed by atoms with van der Waals surface area (Å²) in [6, 6.07) is 2.26. The van der Waals surface area contributed by atoms with Crippen molar-refractivity contribution in [2.24, 2.45) is 5.92 Å². The molecule has 0 saturated carbocycles. The van der Waals surface area contributed by atoms with E-state index in [4.69, 9.17) is 0 Å². The van der Waals surface area contributed by atoms with Gasteiger partial charge in [-0.2, -0.15) is 0 Å². The highest BCUT2D eigenvalue weighted by Crippen LogP contribution is 2.22. The molecule has 1 N–H and O–H groups in total. The molecule has 2 heterocycles. The fourth-order valence-electron chi connectivity index (χ4n) is 3.11. The largest absolute Gasteiger partial charge is 0.359 e. The van der Waals surface area contributed by atoms with E-state index in [-0.39, 0.29) is 0 Å². The number of aryl methyl sites for hydroxylation is 1. The second kappa shape index (κ2) is 7.76. The van der Waals surface area contributed by atoms with Crippen LogP contribution in [0.2, 0.25) is 0 Å². The fourth-order valence-corrected chi connectivity index (χ4v) is 3.11. The lowest BCUT2D eigenvalue weighted by atomic mass is 9.96. The maximum absolute atomic E-state index is 4.69. The molecule has 0 spiro atoms. The number of likely N-dealkylation sites (tertiary alicyclic amines) is 1. The summed E-state index contributed by atoms with van der Waals surface area (Å²) in [6.07, 6.45) is 4.62. The first-order valence-electron chi connectivity index (χ1n) is 8.16. The topological polar surface area (TPSA) is 31.4 Å². The van der Waals surface area contributed by atoms with E-state index in [1.54, 1.807) is 0 Å². The van der Waals surface area contributed by atoms with Gasteiger partial charge in [0.1, 0.15) is 5.82 Å². The van der Waals surface area contributed by atoms with Crippen LogP contribution in [0, 0.1) is 12.8 Å². The Kier molecular flexibility index (Phi) is 6.00. The zero-order valence-corrected chi connectivity index (χ0v) is 14.0. The molecule has 1 aliphatic rings. The fraction of sp³-hybridized carbons (Fsp3) is 0.706. The molecule has 0 unspecified atom stereocenters. The molecule has 0 amide bonds. The summed E-state index contributed by atoms with van der Waals surface area (Å²) in [5.74, 6) is 1.93. The van der Waals surface area contributed by atoms with Crippen molar-refractivity contribution in [3.05, 3.63) is 23.4 Å². The third kappa shape index (κ3) is 4.68. The van der Waals surface area contributed by atoms with Crippen LogP contribution >= 0.6 is 0 Å². The Morgan fingerprint density at radius 2 is 2.10 bits per heavy atom. The quantitative estimate of drug-likeness (QED) is 0.871. The van der Waals surface area contributed by atoms with Gasteiger partial charge in [-0.3, -0.25) is 0 Å². The summed E-state index contributed by atoms with van der Waals surface area (Å²) in [4.78, 5) is 9.45. The normalized spacial score (nSPS) is 17.1. The summed E-state index contributed by atoms with van der Waals surface area (Å²) in [7, 11) is 4.40. The average molecular weight is 290 g/mol. The van der Waals surface area contributed by atoms with Crippen LogP contribution in [0.5, 0.6) is 0 Å². The van der Waals surface area contributed by atoms with Gasteiger partial charge in [-0.05, 0) is 69.6 Å². The Morgan fingerprint density at radius 3 is 2.71 bits per heavy atom. The first-order valence-corrected chi connectivity index (χ1v) is 8.16. The van der Waals surface area contributed by atoms with Crippen molar-refractivity contribution in [1.82, 2.24) is 15.2 Å². The average Bonchev–Trinajstić information content (AvgIpc) is 2.47. The van der Waals surface area contributed by atoms with Crippen molar-refractivity contribution in [3.8, 4) is 0 Å². The number of anilines is 1. The third-order valence-electron chi connectivity index (χ3n) is 4.42. The van der Waals surface area contributed by atoms with Gasteiger partial charge in [0.05, 0.1) is 0 Å². The van der Waals surface area contributed by atoms with Crippen LogP contribution in [0.15, 0.2) is 12.3 Å². The van der Waals surface area contributed by atoms with E-state index in [0.29, 0.717) is 0 Å². The Balaban J connectivity index is 1.94. The highest BCUT2D eigenvalue weighted by atomic mass is 15.2. The maximum Gasteiger partial charge on any atom is 0.131 e. The van der Waals surface area contributed by atoms with Crippen molar-refractivity contribution < 1.29 is 0 Å². The summed E-state index contributed by atoms with van der Waals surface area (Å²) in [5.41, 5.74) is 2.55. The predicted molar refractivity (Wildman–Crippen MR) is 89.8 cm³/mol. The number of nitrogens with zero attached hydrogens (tertiary/aromatic N) is 3. The van der Waals surface area contributed by atoms with Gasteiger partial charge in [0.2, 0.25) is 0 Å². The van der Waals surface area contributed by atoms with Crippen molar-refractivity contribution in [2.45, 2.75) is 33.2 Å². The number of piperidine rings is 1. The van der Waals surface area contributed by atoms with Gasteiger partial charge in [-0.1, -0.05) is 6.92 Å². The molecule has 118 valence electrons. The lowest BCUT2D eigenvalue weighted by Crippen LogP contribution is -2.36. The van der Waals surface area contributed by atoms with Crippen LogP contribution in [-0.2, 0) is 6.54 Å². The number of hydrogen-bond donors (Lipinski definition) is 1. The molecule has 1 aromatic heterocycles. The minimum atomic E-state index is 0.800. The zero-order chi connectivity index (χ0) is 15.2. The summed E-state index contributed by atoms with van der Waals surface area (Å²) >= 11 is 0. The molecule has 4 nitrogen and oxygen atoms in total. The molecule has 0 bridgehead atoms. The molecule has 1 fully saturated rings. The molecule has 0 aliphatic carbocycles. The van der Waals surface area contributed by atoms with Gasteiger partial charge in [0.15, 0.2) is 0 Å². The lowest BCUT2D eigenvalue weighted by Gasteiger charge is -2.32. The molecule has 0 aromatic carbocycles. The summed E-state index contributed by atoms with van der Waals surface area (Å²) < 4.78 is 0. The molecule has 4 heteroatoms. The molecule has 1 aliphatic heterocycles. The Hall–Kier alpha value is -1.13. The summed E-state index contributed by atoms with van der Waals surface area (Å²) in [6.45, 7) is 9.78. The van der Waals surface area contributed by atoms with Gasteiger partial charge in [-0.15, -0.1) is 0 Å². The van der Waals surface area contributed by atoms with E-state index in [1.165, 1.54) is 37.1 Å². The summed E-state index contributed by atoms with van der Waals surface area (Å²) in [5, 5.41) is 3.35. The van der Waals surface area contributed by atoms with E-state index < -0.39 is 0 Å². The molecule has 2 rings (SSSR count). The van der Waals surface area contributed by atoms with Crippen molar-refractivity contribution in [2.75, 3.05) is 45.2 Å². The first kappa shape index (κ1) is 16.2. The lowest BCUT2D eigenvalue weighted by molar-refractivity contribution is 0.222. The molecular formula is C17H30N4. The number of hydrogen-bond acceptors (Lipinski definition) is 4. The smallest absolute Gasteiger partial charge is 0.131 e. The highest BCUT2D eigenvalue weighted by molar-refractivity contribution is 5.46. The standard InChI is InChI=1S/C17H30N4/c1-5-18-11-16-10-14(2)17(19-12-16)21(4)13-15-6-8-20(3)9-7-15/h10,12,15,18H,5-9,11,13H2,1-4H3. The van der Waals surface area contributed by atoms with Crippen LogP contribution in [0.1, 0.15) is 30.9 Å². The van der Waals surface area contributed by atoms with Crippen LogP contribution in [0.3, 0.4) is 0 Å². The number of nitrogens with one attached hydrogen (secondary N) is 1. The van der Waals surface area contributed by atoms with Crippen LogP contribution in [0.4, 0.5) is 5.82 Å². The monoisotopic (exact) mass is 290 g/mol. The number of rotatable bonds is 6. The van der Waals surface area contributed by atoms with E-state index in [9.17, 15) is 0 Å². The van der Waals surface area contributed by atoms with Gasteiger partial charge >= 0.3 is 0 Å². The first-order chi connectivity index (χ1) is 10.1. The van der Waals surface area contributed by atoms with Crippen LogP contribution in [0.25, 0.3) is 0 Å². The second-order valence-corrected chi connectivity index (χ2v) is 6.39. The molecule has 0 radical (unpaired) electrons. The molecule has 1 aromatic rings. The van der Waals surface area contributed by atoms with Crippen LogP contribution in [-0.4, -0.2) is 50.2 Å². The van der Waals surface area contributed by atoms with Gasteiger partial charge < -0.3 is 15.1 Å². The zero-order valence-electron chi connectivity index (χ0n) is 14.0. The van der Waals surface area contributed by atoms with Gasteiger partial charge in [0.25, 0.3) is 0 Å². The Morgan fingerprint density at radius 1 is 1.38 bits per heavy atom. The van der Waals surface area contributed by atoms with Gasteiger partial charge in [-0.25, -0.2) is 4.98 Å². The van der Waals surface area contributed by atoms with E-state index in [1.807, 2.05) is 6.20 Å². The van der Waals surface area contributed by atoms with E-state index in [2.05, 4.69) is 54.1 Å². The Labute approximate surface area is 129 Å². The highest BCUT2D eigenvalue weighted by Gasteiger charge is 2.19. The van der Waals surface area contributed by atoms with Crippen molar-refractivity contribution in [1.29, 1.82) is 0 Å². The third-order valence-corrected chi connectivity index (χ3v) is 4.42. The number of pyridine rings is 1. The SMILES string of the molecule is CCNCc1cnc(N(C)CC2CCN(C)CC2)c(C)c1. The Bertz CT molecular complexity index is 438. The van der Waals surface area contributed by atoms with Crippen molar-refractivity contribution >= 4 is 5.82 Å². The molecular weight excluding hydrogens is 260 g/mol. The van der Waals surface area contributed by atoms with Crippen LogP contribution < -0.4 is 10.2 Å². The minimum Gasteiger partial charge on any atom is -0.359 e. The van der Waals surface area contributed by atoms with Crippen molar-refractivity contribution in [3.63, 3.8) is 0 Å². The van der Waals surface area contributed by atoms with Gasteiger partial charge in [0, 0.05) is 26.3 Å². The van der Waals surface area contributed by atoms with E-state index in [0.717, 1.165) is 31.4 Å². The maximum atomic E-state index is 4.69. The number of aromatic nitrogens is 1. The molecule has 0 atom stereocenters. The molecule has 21 heavy (non-hydrogen) atoms. The molecule has 1 saturated heterocycles. The predicted octanol–water partition coefficient (Wildman–Crippen LogP) is 2.28. The second-order valence-electron chi connectivity index (χ2n) is 6.39. The van der Waals surface area contributed by atoms with E-state index >= 15 is 0 Å².